The molecule has 0 saturated carbocycles. The van der Waals surface area contributed by atoms with Crippen molar-refractivity contribution in [3.63, 3.8) is 0 Å². The highest BCUT2D eigenvalue weighted by Crippen LogP contribution is 2.22. The summed E-state index contributed by atoms with van der Waals surface area (Å²) in [6.07, 6.45) is 0. The molecule has 3 rings (SSSR count). The van der Waals surface area contributed by atoms with Gasteiger partial charge in [0, 0.05) is 35.4 Å². The van der Waals surface area contributed by atoms with Crippen molar-refractivity contribution in [1.29, 1.82) is 0 Å². The van der Waals surface area contributed by atoms with Gasteiger partial charge in [0.2, 0.25) is 5.91 Å². The minimum Gasteiger partial charge on any atom is -0.325 e. The van der Waals surface area contributed by atoms with E-state index in [-0.39, 0.29) is 19.6 Å². The molecule has 1 fully saturated rings. The van der Waals surface area contributed by atoms with Gasteiger partial charge in [0.25, 0.3) is 10.2 Å². The first-order valence-electron chi connectivity index (χ1n) is 8.31. The fourth-order valence-electron chi connectivity index (χ4n) is 2.86. The topological polar surface area (TPSA) is 69.7 Å². The van der Waals surface area contributed by atoms with Gasteiger partial charge in [-0.15, -0.1) is 0 Å². The highest BCUT2D eigenvalue weighted by atomic mass is 35.5. The first-order chi connectivity index (χ1) is 12.8. The number of nitrogens with one attached hydrogen (secondary N) is 1. The van der Waals surface area contributed by atoms with Gasteiger partial charge in [-0.25, -0.2) is 0 Å². The van der Waals surface area contributed by atoms with E-state index in [9.17, 15) is 13.2 Å². The average molecular weight is 428 g/mol. The molecule has 1 saturated heterocycles. The Morgan fingerprint density at radius 1 is 1.07 bits per heavy atom. The van der Waals surface area contributed by atoms with E-state index < -0.39 is 16.1 Å². The zero-order chi connectivity index (χ0) is 19.6. The van der Waals surface area contributed by atoms with E-state index in [1.54, 1.807) is 36.4 Å². The third kappa shape index (κ3) is 4.80. The van der Waals surface area contributed by atoms with E-state index >= 15 is 0 Å². The number of nitrogens with zero attached hydrogens (tertiary/aromatic N) is 2. The van der Waals surface area contributed by atoms with E-state index in [1.807, 2.05) is 13.0 Å². The number of aryl methyl sites for hydroxylation is 1. The lowest BCUT2D eigenvalue weighted by Crippen LogP contribution is -2.37. The summed E-state index contributed by atoms with van der Waals surface area (Å²) in [4.78, 5) is 12.3. The molecule has 0 unspecified atom stereocenters. The van der Waals surface area contributed by atoms with Gasteiger partial charge in [0.15, 0.2) is 0 Å². The number of hydrogen-bond acceptors (Lipinski definition) is 3. The van der Waals surface area contributed by atoms with Crippen molar-refractivity contribution in [2.24, 2.45) is 0 Å². The molecule has 1 aliphatic rings. The van der Waals surface area contributed by atoms with Gasteiger partial charge in [0.05, 0.1) is 6.54 Å². The molecule has 1 heterocycles. The largest absolute Gasteiger partial charge is 0.325 e. The second-order valence-corrected chi connectivity index (χ2v) is 9.11. The van der Waals surface area contributed by atoms with Crippen molar-refractivity contribution in [3.8, 4) is 0 Å². The first kappa shape index (κ1) is 20.1. The SMILES string of the molecule is Cc1ccc(Cl)cc1NC(=O)CN1CCN(Cc2cccc(Cl)c2)S1(=O)=O. The normalized spacial score (nSPS) is 17.1. The smallest absolute Gasteiger partial charge is 0.282 e. The summed E-state index contributed by atoms with van der Waals surface area (Å²) in [5.74, 6) is -0.409. The molecule has 2 aromatic carbocycles. The third-order valence-corrected chi connectivity index (χ3v) is 6.69. The number of carbonyl (C=O) groups is 1. The first-order valence-corrected chi connectivity index (χ1v) is 10.5. The predicted molar refractivity (Wildman–Crippen MR) is 107 cm³/mol. The Morgan fingerprint density at radius 2 is 1.78 bits per heavy atom. The Balaban J connectivity index is 1.65. The van der Waals surface area contributed by atoms with Gasteiger partial charge < -0.3 is 5.32 Å². The molecular weight excluding hydrogens is 409 g/mol. The van der Waals surface area contributed by atoms with Crippen molar-refractivity contribution in [2.45, 2.75) is 13.5 Å². The maximum Gasteiger partial charge on any atom is 0.282 e. The maximum atomic E-state index is 12.7. The summed E-state index contributed by atoms with van der Waals surface area (Å²) in [6.45, 7) is 2.38. The van der Waals surface area contributed by atoms with Gasteiger partial charge in [0.1, 0.15) is 0 Å². The van der Waals surface area contributed by atoms with Crippen LogP contribution in [-0.2, 0) is 21.5 Å². The van der Waals surface area contributed by atoms with Crippen molar-refractivity contribution in [1.82, 2.24) is 8.61 Å². The average Bonchev–Trinajstić information content (AvgIpc) is 2.86. The van der Waals surface area contributed by atoms with Crippen molar-refractivity contribution < 1.29 is 13.2 Å². The van der Waals surface area contributed by atoms with E-state index in [2.05, 4.69) is 5.32 Å². The fourth-order valence-corrected chi connectivity index (χ4v) is 4.79. The summed E-state index contributed by atoms with van der Waals surface area (Å²) in [7, 11) is -3.71. The Hall–Kier alpha value is -1.64. The number of benzene rings is 2. The number of amides is 1. The molecule has 0 aliphatic carbocycles. The molecule has 0 radical (unpaired) electrons. The Kier molecular flexibility index (Phi) is 6.08. The van der Waals surface area contributed by atoms with Crippen molar-refractivity contribution >= 4 is 45.0 Å². The van der Waals surface area contributed by atoms with Gasteiger partial charge in [-0.05, 0) is 42.3 Å². The lowest BCUT2D eigenvalue weighted by Gasteiger charge is -2.19. The summed E-state index contributed by atoms with van der Waals surface area (Å²) in [5.41, 5.74) is 2.21. The van der Waals surface area contributed by atoms with Gasteiger partial charge >= 0.3 is 0 Å². The molecule has 6 nitrogen and oxygen atoms in total. The summed E-state index contributed by atoms with van der Waals surface area (Å²) in [5, 5.41) is 3.77. The molecule has 0 bridgehead atoms. The Labute approximate surface area is 168 Å². The van der Waals surface area contributed by atoms with E-state index in [1.165, 1.54) is 8.61 Å². The number of halogens is 2. The molecule has 9 heteroatoms. The van der Waals surface area contributed by atoms with Crippen LogP contribution in [0.25, 0.3) is 0 Å². The van der Waals surface area contributed by atoms with Crippen LogP contribution in [0.5, 0.6) is 0 Å². The second-order valence-electron chi connectivity index (χ2n) is 6.31. The van der Waals surface area contributed by atoms with Crippen LogP contribution in [0.3, 0.4) is 0 Å². The van der Waals surface area contributed by atoms with Crippen LogP contribution in [0.4, 0.5) is 5.69 Å². The molecule has 1 aliphatic heterocycles. The number of hydrogen-bond donors (Lipinski definition) is 1. The van der Waals surface area contributed by atoms with Crippen LogP contribution >= 0.6 is 23.2 Å². The number of carbonyl (C=O) groups excluding carboxylic acids is 1. The van der Waals surface area contributed by atoms with Crippen LogP contribution < -0.4 is 5.32 Å². The van der Waals surface area contributed by atoms with Crippen molar-refractivity contribution in [3.05, 3.63) is 63.6 Å². The third-order valence-electron chi connectivity index (χ3n) is 4.29. The second kappa shape index (κ2) is 8.16. The zero-order valence-corrected chi connectivity index (χ0v) is 17.0. The van der Waals surface area contributed by atoms with Crippen molar-refractivity contribution in [2.75, 3.05) is 25.0 Å². The number of anilines is 1. The molecule has 0 atom stereocenters. The minimum absolute atomic E-state index is 0.217. The van der Waals surface area contributed by atoms with Gasteiger partial charge in [-0.2, -0.15) is 17.0 Å². The van der Waals surface area contributed by atoms with Gasteiger partial charge in [-0.1, -0.05) is 41.4 Å². The molecule has 1 amide bonds. The molecule has 27 heavy (non-hydrogen) atoms. The van der Waals surface area contributed by atoms with E-state index in [0.29, 0.717) is 22.3 Å². The number of rotatable bonds is 5. The molecule has 0 spiro atoms. The summed E-state index contributed by atoms with van der Waals surface area (Å²) < 4.78 is 27.9. The fraction of sp³-hybridized carbons (Fsp3) is 0.278. The molecule has 144 valence electrons. The summed E-state index contributed by atoms with van der Waals surface area (Å²) in [6, 6.07) is 12.2. The van der Waals surface area contributed by atoms with Gasteiger partial charge in [-0.3, -0.25) is 4.79 Å². The van der Waals surface area contributed by atoms with E-state index in [0.717, 1.165) is 11.1 Å². The Bertz CT molecular complexity index is 966. The molecule has 1 N–H and O–H groups in total. The monoisotopic (exact) mass is 427 g/mol. The summed E-state index contributed by atoms with van der Waals surface area (Å²) >= 11 is 11.9. The van der Waals surface area contributed by atoms with E-state index in [4.69, 9.17) is 23.2 Å². The zero-order valence-electron chi connectivity index (χ0n) is 14.7. The lowest BCUT2D eigenvalue weighted by atomic mass is 10.2. The van der Waals surface area contributed by atoms with Crippen LogP contribution in [0.2, 0.25) is 10.0 Å². The van der Waals surface area contributed by atoms with Crippen LogP contribution in [0, 0.1) is 6.92 Å². The minimum atomic E-state index is -3.71. The lowest BCUT2D eigenvalue weighted by molar-refractivity contribution is -0.116. The highest BCUT2D eigenvalue weighted by molar-refractivity contribution is 7.87. The van der Waals surface area contributed by atoms with Crippen LogP contribution in [0.15, 0.2) is 42.5 Å². The quantitative estimate of drug-likeness (QED) is 0.795. The maximum absolute atomic E-state index is 12.7. The van der Waals surface area contributed by atoms with Crippen LogP contribution in [-0.4, -0.2) is 42.6 Å². The predicted octanol–water partition coefficient (Wildman–Crippen LogP) is 3.30. The molecule has 0 aromatic heterocycles. The molecule has 2 aromatic rings. The highest BCUT2D eigenvalue weighted by Gasteiger charge is 2.37. The standard InChI is InChI=1S/C18H19Cl2N3O3S/c1-13-5-6-16(20)10-17(13)21-18(24)12-23-8-7-22(27(23,25)26)11-14-3-2-4-15(19)9-14/h2-6,9-10H,7-8,11-12H2,1H3,(H,21,24). The van der Waals surface area contributed by atoms with Crippen LogP contribution in [0.1, 0.15) is 11.1 Å². The molecular formula is C18H19Cl2N3O3S. The Morgan fingerprint density at radius 3 is 2.52 bits per heavy atom.